The molecule has 0 saturated carbocycles. The normalized spacial score (nSPS) is 10.8. The summed E-state index contributed by atoms with van der Waals surface area (Å²) in [5.41, 5.74) is 2.02. The highest BCUT2D eigenvalue weighted by Crippen LogP contribution is 2.27. The lowest BCUT2D eigenvalue weighted by Gasteiger charge is -2.09. The van der Waals surface area contributed by atoms with Crippen LogP contribution in [0.4, 0.5) is 5.69 Å². The van der Waals surface area contributed by atoms with Crippen LogP contribution in [0.25, 0.3) is 0 Å². The number of ether oxygens (including phenoxy) is 1. The van der Waals surface area contributed by atoms with Crippen LogP contribution in [0.2, 0.25) is 0 Å². The molecule has 0 atom stereocenters. The van der Waals surface area contributed by atoms with Gasteiger partial charge in [0, 0.05) is 22.8 Å². The molecule has 0 aliphatic heterocycles. The molecular weight excluding hydrogens is 306 g/mol. The summed E-state index contributed by atoms with van der Waals surface area (Å²) in [4.78, 5) is 0. The van der Waals surface area contributed by atoms with Crippen molar-refractivity contribution in [3.05, 3.63) is 40.6 Å². The van der Waals surface area contributed by atoms with Crippen LogP contribution in [0.1, 0.15) is 25.6 Å². The van der Waals surface area contributed by atoms with Gasteiger partial charge in [0.1, 0.15) is 5.75 Å². The topological polar surface area (TPSA) is 39.1 Å². The van der Waals surface area contributed by atoms with Gasteiger partial charge in [0.25, 0.3) is 0 Å². The van der Waals surface area contributed by atoms with E-state index in [-0.39, 0.29) is 0 Å². The minimum atomic E-state index is 0.386. The van der Waals surface area contributed by atoms with Crippen LogP contribution in [0.5, 0.6) is 5.75 Å². The standard InChI is InChI=1S/C14H18BrN3O/c1-10(2)18-7-6-11(17-18)9-16-14-8-12(19-3)4-5-13(14)15/h4-8,10,16H,9H2,1-3H3. The van der Waals surface area contributed by atoms with Crippen LogP contribution < -0.4 is 10.1 Å². The van der Waals surface area contributed by atoms with Gasteiger partial charge in [0.15, 0.2) is 0 Å². The number of halogens is 1. The smallest absolute Gasteiger partial charge is 0.121 e. The van der Waals surface area contributed by atoms with E-state index in [1.807, 2.05) is 35.1 Å². The number of nitrogens with one attached hydrogen (secondary N) is 1. The van der Waals surface area contributed by atoms with Crippen molar-refractivity contribution in [2.75, 3.05) is 12.4 Å². The molecule has 1 N–H and O–H groups in total. The van der Waals surface area contributed by atoms with Gasteiger partial charge in [-0.1, -0.05) is 0 Å². The van der Waals surface area contributed by atoms with Crippen LogP contribution in [0, 0.1) is 0 Å². The highest BCUT2D eigenvalue weighted by molar-refractivity contribution is 9.10. The summed E-state index contributed by atoms with van der Waals surface area (Å²) in [6, 6.07) is 8.26. The van der Waals surface area contributed by atoms with E-state index in [0.717, 1.165) is 21.6 Å². The summed E-state index contributed by atoms with van der Waals surface area (Å²) >= 11 is 3.52. The third-order valence-electron chi connectivity index (χ3n) is 2.83. The summed E-state index contributed by atoms with van der Waals surface area (Å²) in [6.07, 6.45) is 2.00. The molecule has 0 saturated heterocycles. The van der Waals surface area contributed by atoms with Crippen LogP contribution in [-0.2, 0) is 6.54 Å². The molecular formula is C14H18BrN3O. The average Bonchev–Trinajstić information content (AvgIpc) is 2.87. The van der Waals surface area contributed by atoms with Gasteiger partial charge in [-0.2, -0.15) is 5.10 Å². The zero-order chi connectivity index (χ0) is 13.8. The van der Waals surface area contributed by atoms with E-state index in [0.29, 0.717) is 12.6 Å². The Balaban J connectivity index is 2.05. The fourth-order valence-electron chi connectivity index (χ4n) is 1.71. The van der Waals surface area contributed by atoms with Gasteiger partial charge in [-0.25, -0.2) is 0 Å². The van der Waals surface area contributed by atoms with Crippen molar-refractivity contribution < 1.29 is 4.74 Å². The molecule has 0 unspecified atom stereocenters. The van der Waals surface area contributed by atoms with Crippen molar-refractivity contribution >= 4 is 21.6 Å². The molecule has 0 amide bonds. The van der Waals surface area contributed by atoms with E-state index >= 15 is 0 Å². The van der Waals surface area contributed by atoms with E-state index < -0.39 is 0 Å². The lowest BCUT2D eigenvalue weighted by atomic mass is 10.3. The lowest BCUT2D eigenvalue weighted by molar-refractivity contribution is 0.415. The lowest BCUT2D eigenvalue weighted by Crippen LogP contribution is -2.05. The second kappa shape index (κ2) is 6.10. The Morgan fingerprint density at radius 2 is 2.16 bits per heavy atom. The minimum absolute atomic E-state index is 0.386. The van der Waals surface area contributed by atoms with Gasteiger partial charge in [0.05, 0.1) is 25.0 Å². The quantitative estimate of drug-likeness (QED) is 0.908. The molecule has 0 spiro atoms. The Kier molecular flexibility index (Phi) is 4.47. The fraction of sp³-hybridized carbons (Fsp3) is 0.357. The molecule has 0 aliphatic rings. The molecule has 2 rings (SSSR count). The Bertz CT molecular complexity index is 551. The van der Waals surface area contributed by atoms with Gasteiger partial charge in [0.2, 0.25) is 0 Å². The minimum Gasteiger partial charge on any atom is -0.497 e. The van der Waals surface area contributed by atoms with Crippen LogP contribution in [0.3, 0.4) is 0 Å². The van der Waals surface area contributed by atoms with Crippen molar-refractivity contribution in [2.24, 2.45) is 0 Å². The summed E-state index contributed by atoms with van der Waals surface area (Å²) in [7, 11) is 1.66. The van der Waals surface area contributed by atoms with Crippen LogP contribution >= 0.6 is 15.9 Å². The Morgan fingerprint density at radius 1 is 1.37 bits per heavy atom. The molecule has 1 aromatic heterocycles. The Morgan fingerprint density at radius 3 is 2.79 bits per heavy atom. The summed E-state index contributed by atoms with van der Waals surface area (Å²) in [5.74, 6) is 0.832. The number of hydrogen-bond donors (Lipinski definition) is 1. The highest BCUT2D eigenvalue weighted by Gasteiger charge is 2.05. The summed E-state index contributed by atoms with van der Waals surface area (Å²) < 4.78 is 8.18. The number of benzene rings is 1. The van der Waals surface area contributed by atoms with Gasteiger partial charge >= 0.3 is 0 Å². The van der Waals surface area contributed by atoms with E-state index in [9.17, 15) is 0 Å². The first-order valence-electron chi connectivity index (χ1n) is 6.21. The number of rotatable bonds is 5. The van der Waals surface area contributed by atoms with E-state index in [1.165, 1.54) is 0 Å². The molecule has 1 aromatic carbocycles. The monoisotopic (exact) mass is 323 g/mol. The first-order chi connectivity index (χ1) is 9.10. The second-order valence-electron chi connectivity index (χ2n) is 4.58. The van der Waals surface area contributed by atoms with Gasteiger partial charge in [-0.3, -0.25) is 4.68 Å². The predicted octanol–water partition coefficient (Wildman–Crippen LogP) is 3.85. The zero-order valence-corrected chi connectivity index (χ0v) is 12.9. The highest BCUT2D eigenvalue weighted by atomic mass is 79.9. The summed E-state index contributed by atoms with van der Waals surface area (Å²) in [6.45, 7) is 4.91. The van der Waals surface area contributed by atoms with Crippen molar-refractivity contribution in [3.8, 4) is 5.75 Å². The predicted molar refractivity (Wildman–Crippen MR) is 80.6 cm³/mol. The largest absolute Gasteiger partial charge is 0.497 e. The average molecular weight is 324 g/mol. The molecule has 2 aromatic rings. The molecule has 1 heterocycles. The zero-order valence-electron chi connectivity index (χ0n) is 11.4. The summed E-state index contributed by atoms with van der Waals surface area (Å²) in [5, 5.41) is 7.86. The maximum absolute atomic E-state index is 5.22. The van der Waals surface area contributed by atoms with Crippen molar-refractivity contribution in [1.82, 2.24) is 9.78 Å². The van der Waals surface area contributed by atoms with Gasteiger partial charge in [-0.15, -0.1) is 0 Å². The number of aromatic nitrogens is 2. The Hall–Kier alpha value is -1.49. The molecule has 0 bridgehead atoms. The molecule has 0 radical (unpaired) electrons. The third kappa shape index (κ3) is 3.50. The number of anilines is 1. The molecule has 19 heavy (non-hydrogen) atoms. The first-order valence-corrected chi connectivity index (χ1v) is 7.01. The van der Waals surface area contributed by atoms with E-state index in [2.05, 4.69) is 40.2 Å². The SMILES string of the molecule is COc1ccc(Br)c(NCc2ccn(C(C)C)n2)c1. The third-order valence-corrected chi connectivity index (χ3v) is 3.52. The second-order valence-corrected chi connectivity index (χ2v) is 5.43. The van der Waals surface area contributed by atoms with Crippen molar-refractivity contribution in [1.29, 1.82) is 0 Å². The van der Waals surface area contributed by atoms with Crippen LogP contribution in [-0.4, -0.2) is 16.9 Å². The number of hydrogen-bond acceptors (Lipinski definition) is 3. The molecule has 0 aliphatic carbocycles. The fourth-order valence-corrected chi connectivity index (χ4v) is 2.10. The maximum atomic E-state index is 5.22. The van der Waals surface area contributed by atoms with Crippen LogP contribution in [0.15, 0.2) is 34.9 Å². The molecule has 102 valence electrons. The van der Waals surface area contributed by atoms with Crippen molar-refractivity contribution in [2.45, 2.75) is 26.4 Å². The van der Waals surface area contributed by atoms with E-state index in [4.69, 9.17) is 4.74 Å². The van der Waals surface area contributed by atoms with Crippen molar-refractivity contribution in [3.63, 3.8) is 0 Å². The maximum Gasteiger partial charge on any atom is 0.121 e. The van der Waals surface area contributed by atoms with E-state index in [1.54, 1.807) is 7.11 Å². The van der Waals surface area contributed by atoms with Gasteiger partial charge < -0.3 is 10.1 Å². The first kappa shape index (κ1) is 13.9. The number of nitrogens with zero attached hydrogens (tertiary/aromatic N) is 2. The molecule has 4 nitrogen and oxygen atoms in total. The van der Waals surface area contributed by atoms with Gasteiger partial charge in [-0.05, 0) is 48.0 Å². The Labute approximate surface area is 121 Å². The molecule has 0 fully saturated rings. The molecule has 5 heteroatoms. The number of methoxy groups -OCH3 is 1.